The van der Waals surface area contributed by atoms with Crippen LogP contribution in [0, 0.1) is 5.92 Å². The summed E-state index contributed by atoms with van der Waals surface area (Å²) in [7, 11) is 1.82. The maximum absolute atomic E-state index is 5.55. The molecule has 2 rings (SSSR count). The number of hydrogen-bond donors (Lipinski definition) is 0. The lowest BCUT2D eigenvalue weighted by molar-refractivity contribution is 0.0815. The average molecular weight is 204 g/mol. The lowest BCUT2D eigenvalue weighted by Crippen LogP contribution is -2.19. The molecule has 1 nitrogen and oxygen atoms in total. The highest BCUT2D eigenvalue weighted by Gasteiger charge is 2.28. The second kappa shape index (κ2) is 4.36. The van der Waals surface area contributed by atoms with E-state index >= 15 is 0 Å². The second-order valence-corrected chi connectivity index (χ2v) is 4.78. The zero-order valence-electron chi connectivity index (χ0n) is 9.86. The monoisotopic (exact) mass is 204 g/mol. The van der Waals surface area contributed by atoms with Gasteiger partial charge in [0.15, 0.2) is 0 Å². The van der Waals surface area contributed by atoms with E-state index in [1.54, 1.807) is 0 Å². The Kier molecular flexibility index (Phi) is 3.11. The summed E-state index contributed by atoms with van der Waals surface area (Å²) in [6, 6.07) is 8.75. The van der Waals surface area contributed by atoms with Gasteiger partial charge in [-0.15, -0.1) is 0 Å². The Morgan fingerprint density at radius 1 is 1.13 bits per heavy atom. The van der Waals surface area contributed by atoms with E-state index in [1.165, 1.54) is 17.5 Å². The van der Waals surface area contributed by atoms with Crippen LogP contribution in [-0.2, 0) is 4.74 Å². The van der Waals surface area contributed by atoms with Gasteiger partial charge in [-0.1, -0.05) is 38.1 Å². The molecule has 0 aromatic heterocycles. The molecule has 0 heterocycles. The van der Waals surface area contributed by atoms with Gasteiger partial charge in [0, 0.05) is 7.11 Å². The highest BCUT2D eigenvalue weighted by Crippen LogP contribution is 2.42. The van der Waals surface area contributed by atoms with Crippen LogP contribution in [0.5, 0.6) is 0 Å². The van der Waals surface area contributed by atoms with Crippen LogP contribution in [-0.4, -0.2) is 7.11 Å². The summed E-state index contributed by atoms with van der Waals surface area (Å²) < 4.78 is 5.55. The second-order valence-electron chi connectivity index (χ2n) is 4.78. The van der Waals surface area contributed by atoms with Crippen LogP contribution in [0.15, 0.2) is 24.3 Å². The SMILES string of the molecule is CO[C@@H]1CC[C@@H](C(C)C)c2ccccc21. The summed E-state index contributed by atoms with van der Waals surface area (Å²) in [5.41, 5.74) is 2.91. The van der Waals surface area contributed by atoms with Crippen LogP contribution >= 0.6 is 0 Å². The van der Waals surface area contributed by atoms with Gasteiger partial charge in [-0.3, -0.25) is 0 Å². The molecule has 2 atom stereocenters. The molecule has 0 amide bonds. The standard InChI is InChI=1S/C14H20O/c1-10(2)11-8-9-14(15-3)13-7-5-4-6-12(11)13/h4-7,10-11,14H,8-9H2,1-3H3/t11-,14+/m0/s1. The number of hydrogen-bond acceptors (Lipinski definition) is 1. The van der Waals surface area contributed by atoms with E-state index in [-0.39, 0.29) is 0 Å². The molecule has 0 saturated heterocycles. The predicted octanol–water partition coefficient (Wildman–Crippen LogP) is 3.91. The van der Waals surface area contributed by atoms with E-state index < -0.39 is 0 Å². The Bertz CT molecular complexity index is 330. The molecular formula is C14H20O. The summed E-state index contributed by atoms with van der Waals surface area (Å²) in [6.45, 7) is 4.63. The minimum absolute atomic E-state index is 0.316. The quantitative estimate of drug-likeness (QED) is 0.709. The van der Waals surface area contributed by atoms with Crippen molar-refractivity contribution in [1.82, 2.24) is 0 Å². The van der Waals surface area contributed by atoms with Gasteiger partial charge in [-0.2, -0.15) is 0 Å². The van der Waals surface area contributed by atoms with Crippen molar-refractivity contribution in [2.75, 3.05) is 7.11 Å². The smallest absolute Gasteiger partial charge is 0.0824 e. The van der Waals surface area contributed by atoms with Gasteiger partial charge in [0.1, 0.15) is 0 Å². The molecule has 1 heteroatoms. The Labute approximate surface area is 92.5 Å². The van der Waals surface area contributed by atoms with E-state index in [4.69, 9.17) is 4.74 Å². The van der Waals surface area contributed by atoms with Crippen molar-refractivity contribution in [3.05, 3.63) is 35.4 Å². The fraction of sp³-hybridized carbons (Fsp3) is 0.571. The minimum Gasteiger partial charge on any atom is -0.377 e. The van der Waals surface area contributed by atoms with E-state index in [0.29, 0.717) is 12.0 Å². The summed E-state index contributed by atoms with van der Waals surface area (Å²) in [5.74, 6) is 1.44. The van der Waals surface area contributed by atoms with Crippen LogP contribution in [0.25, 0.3) is 0 Å². The summed E-state index contributed by atoms with van der Waals surface area (Å²) in [4.78, 5) is 0. The average Bonchev–Trinajstić information content (AvgIpc) is 2.27. The van der Waals surface area contributed by atoms with Gasteiger partial charge in [-0.25, -0.2) is 0 Å². The zero-order valence-corrected chi connectivity index (χ0v) is 9.86. The molecule has 0 bridgehead atoms. The summed E-state index contributed by atoms with van der Waals surface area (Å²) >= 11 is 0. The topological polar surface area (TPSA) is 9.23 Å². The molecule has 0 fully saturated rings. The molecular weight excluding hydrogens is 184 g/mol. The third-order valence-corrected chi connectivity index (χ3v) is 3.57. The Morgan fingerprint density at radius 2 is 1.80 bits per heavy atom. The third kappa shape index (κ3) is 1.93. The number of fused-ring (bicyclic) bond motifs is 1. The number of ether oxygens (including phenoxy) is 1. The molecule has 15 heavy (non-hydrogen) atoms. The van der Waals surface area contributed by atoms with Crippen LogP contribution in [0.1, 0.15) is 49.8 Å². The van der Waals surface area contributed by atoms with E-state index in [0.717, 1.165) is 12.3 Å². The van der Waals surface area contributed by atoms with Crippen molar-refractivity contribution in [1.29, 1.82) is 0 Å². The normalized spacial score (nSPS) is 25.3. The third-order valence-electron chi connectivity index (χ3n) is 3.57. The maximum atomic E-state index is 5.55. The number of methoxy groups -OCH3 is 1. The summed E-state index contributed by atoms with van der Waals surface area (Å²) in [5, 5.41) is 0. The largest absolute Gasteiger partial charge is 0.377 e. The highest BCUT2D eigenvalue weighted by molar-refractivity contribution is 5.34. The van der Waals surface area contributed by atoms with Crippen molar-refractivity contribution < 1.29 is 4.74 Å². The Morgan fingerprint density at radius 3 is 2.40 bits per heavy atom. The fourth-order valence-electron chi connectivity index (χ4n) is 2.72. The molecule has 0 N–H and O–H groups in total. The molecule has 1 aliphatic rings. The molecule has 0 spiro atoms. The zero-order chi connectivity index (χ0) is 10.8. The molecule has 0 unspecified atom stereocenters. The van der Waals surface area contributed by atoms with Crippen LogP contribution < -0.4 is 0 Å². The number of benzene rings is 1. The first kappa shape index (κ1) is 10.7. The van der Waals surface area contributed by atoms with Crippen LogP contribution in [0.4, 0.5) is 0 Å². The molecule has 1 aromatic rings. The van der Waals surface area contributed by atoms with Crippen molar-refractivity contribution in [3.8, 4) is 0 Å². The van der Waals surface area contributed by atoms with E-state index in [9.17, 15) is 0 Å². The van der Waals surface area contributed by atoms with E-state index in [1.807, 2.05) is 7.11 Å². The first-order valence-corrected chi connectivity index (χ1v) is 5.85. The first-order chi connectivity index (χ1) is 7.24. The number of rotatable bonds is 2. The van der Waals surface area contributed by atoms with Crippen LogP contribution in [0.2, 0.25) is 0 Å². The van der Waals surface area contributed by atoms with Gasteiger partial charge < -0.3 is 4.74 Å². The molecule has 1 aliphatic carbocycles. The van der Waals surface area contributed by atoms with Crippen LogP contribution in [0.3, 0.4) is 0 Å². The Balaban J connectivity index is 2.39. The van der Waals surface area contributed by atoms with Crippen molar-refractivity contribution in [2.45, 2.75) is 38.7 Å². The predicted molar refractivity (Wildman–Crippen MR) is 63.0 cm³/mol. The fourth-order valence-corrected chi connectivity index (χ4v) is 2.72. The van der Waals surface area contributed by atoms with Gasteiger partial charge in [-0.05, 0) is 35.8 Å². The van der Waals surface area contributed by atoms with Gasteiger partial charge in [0.25, 0.3) is 0 Å². The molecule has 0 aliphatic heterocycles. The molecule has 1 aromatic carbocycles. The maximum Gasteiger partial charge on any atom is 0.0824 e. The molecule has 0 saturated carbocycles. The van der Waals surface area contributed by atoms with Crippen molar-refractivity contribution >= 4 is 0 Å². The van der Waals surface area contributed by atoms with Crippen molar-refractivity contribution in [2.24, 2.45) is 5.92 Å². The van der Waals surface area contributed by atoms with Gasteiger partial charge in [0.2, 0.25) is 0 Å². The minimum atomic E-state index is 0.316. The van der Waals surface area contributed by atoms with Crippen molar-refractivity contribution in [3.63, 3.8) is 0 Å². The summed E-state index contributed by atoms with van der Waals surface area (Å²) in [6.07, 6.45) is 2.74. The van der Waals surface area contributed by atoms with Gasteiger partial charge >= 0.3 is 0 Å². The lowest BCUT2D eigenvalue weighted by atomic mass is 9.76. The molecule has 0 radical (unpaired) electrons. The van der Waals surface area contributed by atoms with Gasteiger partial charge in [0.05, 0.1) is 6.10 Å². The highest BCUT2D eigenvalue weighted by atomic mass is 16.5. The van der Waals surface area contributed by atoms with E-state index in [2.05, 4.69) is 38.1 Å². The first-order valence-electron chi connectivity index (χ1n) is 5.85. The lowest BCUT2D eigenvalue weighted by Gasteiger charge is -2.33. The Hall–Kier alpha value is -0.820. The molecule has 82 valence electrons.